The van der Waals surface area contributed by atoms with Crippen LogP contribution in [-0.2, 0) is 4.74 Å². The number of nitrogens with zero attached hydrogens (tertiary/aromatic N) is 1. The Morgan fingerprint density at radius 1 is 1.25 bits per heavy atom. The van der Waals surface area contributed by atoms with Crippen molar-refractivity contribution in [3.8, 4) is 0 Å². The van der Waals surface area contributed by atoms with Gasteiger partial charge in [0.2, 0.25) is 0 Å². The molecular weight excluding hydrogens is 252 g/mol. The van der Waals surface area contributed by atoms with Crippen molar-refractivity contribution >= 4 is 0 Å². The van der Waals surface area contributed by atoms with Crippen LogP contribution in [0.25, 0.3) is 0 Å². The van der Waals surface area contributed by atoms with Crippen LogP contribution < -0.4 is 5.32 Å². The van der Waals surface area contributed by atoms with Crippen LogP contribution in [0.3, 0.4) is 0 Å². The van der Waals surface area contributed by atoms with E-state index in [-0.39, 0.29) is 23.1 Å². The van der Waals surface area contributed by atoms with E-state index in [1.165, 1.54) is 6.42 Å². The highest BCUT2D eigenvalue weighted by Gasteiger charge is 2.37. The molecule has 1 saturated heterocycles. The highest BCUT2D eigenvalue weighted by Crippen LogP contribution is 2.31. The van der Waals surface area contributed by atoms with Crippen LogP contribution >= 0.6 is 0 Å². The van der Waals surface area contributed by atoms with Crippen molar-refractivity contribution in [3.63, 3.8) is 0 Å². The van der Waals surface area contributed by atoms with Gasteiger partial charge in [-0.1, -0.05) is 0 Å². The number of hydrogen-bond donors (Lipinski definition) is 2. The lowest BCUT2D eigenvalue weighted by Crippen LogP contribution is -2.56. The molecule has 0 aromatic carbocycles. The fourth-order valence-electron chi connectivity index (χ4n) is 2.52. The SMILES string of the molecule is CN(CC1(CNC(C)(C)C)CCCOC1)C(C)(C)CO. The Bertz CT molecular complexity index is 291. The van der Waals surface area contributed by atoms with Gasteiger partial charge in [0.1, 0.15) is 0 Å². The second kappa shape index (κ2) is 6.73. The van der Waals surface area contributed by atoms with Gasteiger partial charge in [-0.05, 0) is 54.5 Å². The highest BCUT2D eigenvalue weighted by atomic mass is 16.5. The van der Waals surface area contributed by atoms with E-state index in [2.05, 4.69) is 51.9 Å². The van der Waals surface area contributed by atoms with Gasteiger partial charge in [-0.3, -0.25) is 4.90 Å². The number of aliphatic hydroxyl groups excluding tert-OH is 1. The van der Waals surface area contributed by atoms with Gasteiger partial charge in [-0.15, -0.1) is 0 Å². The van der Waals surface area contributed by atoms with Crippen LogP contribution in [0.15, 0.2) is 0 Å². The van der Waals surface area contributed by atoms with Gasteiger partial charge in [-0.25, -0.2) is 0 Å². The van der Waals surface area contributed by atoms with Crippen molar-refractivity contribution in [1.29, 1.82) is 0 Å². The van der Waals surface area contributed by atoms with Gasteiger partial charge in [0, 0.05) is 36.2 Å². The Hall–Kier alpha value is -0.160. The molecule has 1 fully saturated rings. The van der Waals surface area contributed by atoms with Gasteiger partial charge >= 0.3 is 0 Å². The first-order chi connectivity index (χ1) is 9.10. The molecule has 4 nitrogen and oxygen atoms in total. The zero-order chi connectivity index (χ0) is 15.4. The Kier molecular flexibility index (Phi) is 6.02. The normalized spacial score (nSPS) is 25.2. The van der Waals surface area contributed by atoms with Crippen LogP contribution in [0.4, 0.5) is 0 Å². The fraction of sp³-hybridized carbons (Fsp3) is 1.00. The van der Waals surface area contributed by atoms with Gasteiger partial charge in [-0.2, -0.15) is 0 Å². The summed E-state index contributed by atoms with van der Waals surface area (Å²) >= 11 is 0. The van der Waals surface area contributed by atoms with Crippen molar-refractivity contribution in [2.75, 3.05) is 40.0 Å². The molecule has 0 aromatic heterocycles. The van der Waals surface area contributed by atoms with E-state index in [0.29, 0.717) is 0 Å². The number of rotatable bonds is 6. The number of hydrogen-bond acceptors (Lipinski definition) is 4. The van der Waals surface area contributed by atoms with Gasteiger partial charge < -0.3 is 15.2 Å². The monoisotopic (exact) mass is 286 g/mol. The molecule has 1 aliphatic heterocycles. The Morgan fingerprint density at radius 2 is 1.90 bits per heavy atom. The maximum Gasteiger partial charge on any atom is 0.0609 e. The first-order valence-electron chi connectivity index (χ1n) is 7.75. The van der Waals surface area contributed by atoms with Crippen LogP contribution in [0.5, 0.6) is 0 Å². The molecule has 1 rings (SSSR count). The third kappa shape index (κ3) is 5.32. The van der Waals surface area contributed by atoms with E-state index in [0.717, 1.165) is 32.7 Å². The van der Waals surface area contributed by atoms with E-state index >= 15 is 0 Å². The molecule has 1 atom stereocenters. The number of ether oxygens (including phenoxy) is 1. The molecule has 0 amide bonds. The van der Waals surface area contributed by atoms with Crippen LogP contribution in [-0.4, -0.2) is 61.0 Å². The maximum absolute atomic E-state index is 9.55. The average Bonchev–Trinajstić information content (AvgIpc) is 2.37. The molecule has 0 aromatic rings. The molecule has 1 heterocycles. The number of likely N-dealkylation sites (N-methyl/N-ethyl adjacent to an activating group) is 1. The fourth-order valence-corrected chi connectivity index (χ4v) is 2.52. The number of nitrogens with one attached hydrogen (secondary N) is 1. The smallest absolute Gasteiger partial charge is 0.0609 e. The van der Waals surface area contributed by atoms with Crippen molar-refractivity contribution in [1.82, 2.24) is 10.2 Å². The Morgan fingerprint density at radius 3 is 2.35 bits per heavy atom. The summed E-state index contributed by atoms with van der Waals surface area (Å²) in [4.78, 5) is 2.27. The second-order valence-corrected chi connectivity index (χ2v) is 8.09. The molecule has 0 saturated carbocycles. The Balaban J connectivity index is 2.73. The largest absolute Gasteiger partial charge is 0.394 e. The minimum absolute atomic E-state index is 0.121. The van der Waals surface area contributed by atoms with E-state index in [1.807, 2.05) is 0 Å². The molecule has 20 heavy (non-hydrogen) atoms. The van der Waals surface area contributed by atoms with Crippen molar-refractivity contribution in [3.05, 3.63) is 0 Å². The predicted octanol–water partition coefficient (Wildman–Crippen LogP) is 1.87. The molecule has 0 spiro atoms. The molecule has 0 bridgehead atoms. The third-order valence-electron chi connectivity index (χ3n) is 4.39. The van der Waals surface area contributed by atoms with Crippen LogP contribution in [0.1, 0.15) is 47.5 Å². The quantitative estimate of drug-likeness (QED) is 0.782. The van der Waals surface area contributed by atoms with Crippen molar-refractivity contribution in [2.45, 2.75) is 58.5 Å². The predicted molar refractivity (Wildman–Crippen MR) is 84.0 cm³/mol. The van der Waals surface area contributed by atoms with E-state index in [9.17, 15) is 5.11 Å². The standard InChI is InChI=1S/C16H34N2O2/c1-14(2,3)17-10-16(8-7-9-20-13-16)11-18(6)15(4,5)12-19/h17,19H,7-13H2,1-6H3. The molecule has 0 radical (unpaired) electrons. The van der Waals surface area contributed by atoms with Gasteiger partial charge in [0.25, 0.3) is 0 Å². The average molecular weight is 286 g/mol. The minimum Gasteiger partial charge on any atom is -0.394 e. The lowest BCUT2D eigenvalue weighted by atomic mass is 9.80. The summed E-state index contributed by atoms with van der Waals surface area (Å²) in [7, 11) is 2.10. The number of aliphatic hydroxyl groups is 1. The van der Waals surface area contributed by atoms with Crippen molar-refractivity contribution in [2.24, 2.45) is 5.41 Å². The molecule has 2 N–H and O–H groups in total. The Labute approximate surface area is 124 Å². The van der Waals surface area contributed by atoms with E-state index in [1.54, 1.807) is 0 Å². The first-order valence-corrected chi connectivity index (χ1v) is 7.75. The third-order valence-corrected chi connectivity index (χ3v) is 4.39. The summed E-state index contributed by atoms with van der Waals surface area (Å²) in [6.45, 7) is 14.5. The van der Waals surface area contributed by atoms with Gasteiger partial charge in [0.05, 0.1) is 13.2 Å². The second-order valence-electron chi connectivity index (χ2n) is 8.09. The van der Waals surface area contributed by atoms with Crippen LogP contribution in [0.2, 0.25) is 0 Å². The summed E-state index contributed by atoms with van der Waals surface area (Å²) in [5.41, 5.74) is 0.0778. The topological polar surface area (TPSA) is 44.7 Å². The molecule has 0 aliphatic carbocycles. The molecule has 1 aliphatic rings. The zero-order valence-electron chi connectivity index (χ0n) is 14.3. The summed E-state index contributed by atoms with van der Waals surface area (Å²) in [6, 6.07) is 0. The van der Waals surface area contributed by atoms with Crippen LogP contribution in [0, 0.1) is 5.41 Å². The zero-order valence-corrected chi connectivity index (χ0v) is 14.3. The van der Waals surface area contributed by atoms with E-state index < -0.39 is 0 Å². The summed E-state index contributed by atoms with van der Waals surface area (Å²) < 4.78 is 5.77. The summed E-state index contributed by atoms with van der Waals surface area (Å²) in [5, 5.41) is 13.2. The lowest BCUT2D eigenvalue weighted by molar-refractivity contribution is -0.0458. The van der Waals surface area contributed by atoms with Crippen molar-refractivity contribution < 1.29 is 9.84 Å². The maximum atomic E-state index is 9.55. The summed E-state index contributed by atoms with van der Waals surface area (Å²) in [5.74, 6) is 0. The summed E-state index contributed by atoms with van der Waals surface area (Å²) in [6.07, 6.45) is 2.31. The minimum atomic E-state index is -0.188. The highest BCUT2D eigenvalue weighted by molar-refractivity contribution is 4.92. The molecular formula is C16H34N2O2. The lowest BCUT2D eigenvalue weighted by Gasteiger charge is -2.45. The molecule has 1 unspecified atom stereocenters. The van der Waals surface area contributed by atoms with E-state index in [4.69, 9.17) is 4.74 Å². The molecule has 120 valence electrons. The molecule has 4 heteroatoms. The van der Waals surface area contributed by atoms with Gasteiger partial charge in [0.15, 0.2) is 0 Å². The first kappa shape index (κ1) is 17.9.